The van der Waals surface area contributed by atoms with E-state index in [0.717, 1.165) is 12.5 Å². The Bertz CT molecular complexity index is 1200. The fourth-order valence-electron chi connectivity index (χ4n) is 3.22. The lowest BCUT2D eigenvalue weighted by Crippen LogP contribution is -2.30. The Balaban J connectivity index is 1.43. The van der Waals surface area contributed by atoms with Crippen LogP contribution in [0, 0.1) is 23.5 Å². The molecule has 3 aromatic rings. The standard InChI is InChI=1S/C21H18F2N6O2/c1-2-17(30)29-9-8-13(11-29)26-20-19-21(25-12-24-20)28-16(27-19)7-4-10-31-15-6-3-5-14(22)18(15)23/h2-3,5-6,12-13H,1,8-11H2,(H2,24,25,26,27,28). The number of ether oxygens (including phenoxy) is 1. The van der Waals surface area contributed by atoms with Gasteiger partial charge in [-0.15, -0.1) is 0 Å². The van der Waals surface area contributed by atoms with E-state index in [2.05, 4.69) is 43.7 Å². The predicted octanol–water partition coefficient (Wildman–Crippen LogP) is 2.26. The molecule has 10 heteroatoms. The van der Waals surface area contributed by atoms with Crippen molar-refractivity contribution < 1.29 is 18.3 Å². The highest BCUT2D eigenvalue weighted by Gasteiger charge is 2.25. The van der Waals surface area contributed by atoms with Crippen molar-refractivity contribution in [1.82, 2.24) is 24.8 Å². The normalized spacial score (nSPS) is 15.4. The Morgan fingerprint density at radius 1 is 1.42 bits per heavy atom. The second kappa shape index (κ2) is 8.79. The van der Waals surface area contributed by atoms with E-state index in [1.807, 2.05) is 0 Å². The molecular weight excluding hydrogens is 406 g/mol. The van der Waals surface area contributed by atoms with E-state index in [0.29, 0.717) is 35.9 Å². The number of halogens is 2. The molecule has 8 nitrogen and oxygen atoms in total. The van der Waals surface area contributed by atoms with Crippen molar-refractivity contribution in [3.05, 3.63) is 54.6 Å². The molecule has 0 aliphatic carbocycles. The summed E-state index contributed by atoms with van der Waals surface area (Å²) in [6.45, 7) is 4.54. The van der Waals surface area contributed by atoms with Gasteiger partial charge in [-0.1, -0.05) is 18.6 Å². The summed E-state index contributed by atoms with van der Waals surface area (Å²) >= 11 is 0. The highest BCUT2D eigenvalue weighted by atomic mass is 19.2. The first-order valence-electron chi connectivity index (χ1n) is 9.49. The van der Waals surface area contributed by atoms with Crippen molar-refractivity contribution >= 4 is 22.9 Å². The number of carbonyl (C=O) groups excluding carboxylic acids is 1. The highest BCUT2D eigenvalue weighted by molar-refractivity contribution is 5.87. The fraction of sp³-hybridized carbons (Fsp3) is 0.238. The van der Waals surface area contributed by atoms with E-state index in [1.165, 1.54) is 24.5 Å². The first-order valence-corrected chi connectivity index (χ1v) is 9.49. The maximum Gasteiger partial charge on any atom is 0.246 e. The van der Waals surface area contributed by atoms with Crippen molar-refractivity contribution in [3.8, 4) is 17.6 Å². The number of amides is 1. The van der Waals surface area contributed by atoms with Gasteiger partial charge in [0.15, 0.2) is 34.4 Å². The number of benzene rings is 1. The number of carbonyl (C=O) groups is 1. The third-order valence-electron chi connectivity index (χ3n) is 4.72. The molecular formula is C21H18F2N6O2. The van der Waals surface area contributed by atoms with Crippen LogP contribution in [0.3, 0.4) is 0 Å². The Labute approximate surface area is 176 Å². The van der Waals surface area contributed by atoms with Gasteiger partial charge in [-0.3, -0.25) is 4.79 Å². The molecule has 1 fully saturated rings. The second-order valence-electron chi connectivity index (χ2n) is 6.77. The zero-order valence-electron chi connectivity index (χ0n) is 16.4. The van der Waals surface area contributed by atoms with Crippen LogP contribution in [-0.4, -0.2) is 56.5 Å². The van der Waals surface area contributed by atoms with Crippen molar-refractivity contribution in [2.45, 2.75) is 12.5 Å². The number of H-pyrrole nitrogens is 1. The summed E-state index contributed by atoms with van der Waals surface area (Å²) < 4.78 is 31.9. The molecule has 0 spiro atoms. The number of aromatic amines is 1. The molecule has 1 unspecified atom stereocenters. The van der Waals surface area contributed by atoms with Crippen LogP contribution < -0.4 is 10.1 Å². The van der Waals surface area contributed by atoms with Gasteiger partial charge in [0, 0.05) is 19.1 Å². The van der Waals surface area contributed by atoms with Gasteiger partial charge in [-0.05, 0) is 30.6 Å². The van der Waals surface area contributed by atoms with Crippen molar-refractivity contribution in [3.63, 3.8) is 0 Å². The van der Waals surface area contributed by atoms with E-state index < -0.39 is 11.6 Å². The van der Waals surface area contributed by atoms with Crippen LogP contribution in [0.25, 0.3) is 11.2 Å². The molecule has 1 aromatic carbocycles. The Morgan fingerprint density at radius 3 is 3.13 bits per heavy atom. The minimum atomic E-state index is -1.06. The number of aromatic nitrogens is 4. The zero-order chi connectivity index (χ0) is 21.8. The van der Waals surface area contributed by atoms with Gasteiger partial charge in [0.05, 0.1) is 0 Å². The van der Waals surface area contributed by atoms with Crippen LogP contribution in [0.5, 0.6) is 5.75 Å². The van der Waals surface area contributed by atoms with E-state index in [-0.39, 0.29) is 24.3 Å². The van der Waals surface area contributed by atoms with Crippen LogP contribution in [0.1, 0.15) is 12.2 Å². The highest BCUT2D eigenvalue weighted by Crippen LogP contribution is 2.21. The zero-order valence-corrected chi connectivity index (χ0v) is 16.4. The lowest BCUT2D eigenvalue weighted by Gasteiger charge is -2.15. The average molecular weight is 424 g/mol. The third-order valence-corrected chi connectivity index (χ3v) is 4.72. The van der Waals surface area contributed by atoms with E-state index in [4.69, 9.17) is 4.74 Å². The molecule has 0 radical (unpaired) electrons. The average Bonchev–Trinajstić information content (AvgIpc) is 3.41. The Morgan fingerprint density at radius 2 is 2.29 bits per heavy atom. The van der Waals surface area contributed by atoms with E-state index in [9.17, 15) is 13.6 Å². The summed E-state index contributed by atoms with van der Waals surface area (Å²) in [7, 11) is 0. The summed E-state index contributed by atoms with van der Waals surface area (Å²) in [4.78, 5) is 29.2. The number of likely N-dealkylation sites (tertiary alicyclic amines) is 1. The molecule has 4 rings (SSSR count). The second-order valence-corrected chi connectivity index (χ2v) is 6.77. The number of nitrogens with zero attached hydrogens (tertiary/aromatic N) is 4. The Kier molecular flexibility index (Phi) is 5.75. The maximum absolute atomic E-state index is 13.6. The topological polar surface area (TPSA) is 96.0 Å². The summed E-state index contributed by atoms with van der Waals surface area (Å²) in [6, 6.07) is 3.71. The molecule has 1 amide bonds. The minimum Gasteiger partial charge on any atom is -0.478 e. The molecule has 0 bridgehead atoms. The number of anilines is 1. The summed E-state index contributed by atoms with van der Waals surface area (Å²) in [5, 5.41) is 3.29. The lowest BCUT2D eigenvalue weighted by atomic mass is 10.2. The molecule has 0 saturated carbocycles. The monoisotopic (exact) mass is 424 g/mol. The van der Waals surface area contributed by atoms with Crippen molar-refractivity contribution in [2.24, 2.45) is 0 Å². The van der Waals surface area contributed by atoms with Crippen LogP contribution in [-0.2, 0) is 4.79 Å². The molecule has 3 heterocycles. The largest absolute Gasteiger partial charge is 0.478 e. The van der Waals surface area contributed by atoms with Gasteiger partial charge in [-0.25, -0.2) is 19.3 Å². The molecule has 1 saturated heterocycles. The van der Waals surface area contributed by atoms with Gasteiger partial charge in [-0.2, -0.15) is 4.39 Å². The van der Waals surface area contributed by atoms with Gasteiger partial charge < -0.3 is 19.9 Å². The molecule has 1 aliphatic rings. The maximum atomic E-state index is 13.6. The molecule has 2 N–H and O–H groups in total. The van der Waals surface area contributed by atoms with Crippen LogP contribution in [0.2, 0.25) is 0 Å². The first kappa shape index (κ1) is 20.3. The number of fused-ring (bicyclic) bond motifs is 1. The molecule has 1 aliphatic heterocycles. The lowest BCUT2D eigenvalue weighted by molar-refractivity contribution is -0.125. The van der Waals surface area contributed by atoms with Gasteiger partial charge in [0.1, 0.15) is 12.9 Å². The van der Waals surface area contributed by atoms with Crippen molar-refractivity contribution in [1.29, 1.82) is 0 Å². The fourth-order valence-corrected chi connectivity index (χ4v) is 3.22. The molecule has 158 valence electrons. The van der Waals surface area contributed by atoms with Gasteiger partial charge in [0.2, 0.25) is 11.7 Å². The van der Waals surface area contributed by atoms with Crippen LogP contribution in [0.15, 0.2) is 37.2 Å². The number of hydrogen-bond donors (Lipinski definition) is 2. The number of imidazole rings is 1. The molecule has 31 heavy (non-hydrogen) atoms. The number of rotatable bonds is 5. The summed E-state index contributed by atoms with van der Waals surface area (Å²) in [5.41, 5.74) is 1.01. The van der Waals surface area contributed by atoms with E-state index in [1.54, 1.807) is 4.90 Å². The van der Waals surface area contributed by atoms with Crippen LogP contribution in [0.4, 0.5) is 14.6 Å². The first-order chi connectivity index (χ1) is 15.0. The van der Waals surface area contributed by atoms with E-state index >= 15 is 0 Å². The van der Waals surface area contributed by atoms with Gasteiger partial charge >= 0.3 is 0 Å². The molecule has 1 atom stereocenters. The minimum absolute atomic E-state index is 0.0304. The Hall–Kier alpha value is -4.00. The van der Waals surface area contributed by atoms with Crippen molar-refractivity contribution in [2.75, 3.05) is 25.0 Å². The summed E-state index contributed by atoms with van der Waals surface area (Å²) in [5.74, 6) is 3.98. The van der Waals surface area contributed by atoms with Gasteiger partial charge in [0.25, 0.3) is 0 Å². The third kappa shape index (κ3) is 4.45. The SMILES string of the molecule is C=CC(=O)N1CCC(Nc2ncnc3[nH]c(C#CCOc4cccc(F)c4F)nc23)C1. The summed E-state index contributed by atoms with van der Waals surface area (Å²) in [6.07, 6.45) is 3.48. The van der Waals surface area contributed by atoms with Crippen LogP contribution >= 0.6 is 0 Å². The number of hydrogen-bond acceptors (Lipinski definition) is 6. The number of nitrogens with one attached hydrogen (secondary N) is 2. The predicted molar refractivity (Wildman–Crippen MR) is 109 cm³/mol. The molecule has 2 aromatic heterocycles. The quantitative estimate of drug-likeness (QED) is 0.482. The smallest absolute Gasteiger partial charge is 0.246 e.